The van der Waals surface area contributed by atoms with Crippen molar-refractivity contribution in [1.82, 2.24) is 10.6 Å². The Morgan fingerprint density at radius 2 is 1.83 bits per heavy atom. The van der Waals surface area contributed by atoms with Gasteiger partial charge in [-0.05, 0) is 12.0 Å². The first kappa shape index (κ1) is 17.0. The lowest BCUT2D eigenvalue weighted by Gasteiger charge is -2.48. The first-order chi connectivity index (χ1) is 11.2. The van der Waals surface area contributed by atoms with Crippen LogP contribution in [-0.4, -0.2) is 37.2 Å². The maximum absolute atomic E-state index is 13.5. The largest absolute Gasteiger partial charge is 0.408 e. The van der Waals surface area contributed by atoms with Gasteiger partial charge in [0.05, 0.1) is 0 Å². The Balaban J connectivity index is 1.68. The summed E-state index contributed by atoms with van der Waals surface area (Å²) < 4.78 is 65.3. The Bertz CT molecular complexity index is 604. The molecule has 0 spiro atoms. The summed E-state index contributed by atoms with van der Waals surface area (Å²) >= 11 is 0. The number of nitrogens with zero attached hydrogens (tertiary/aromatic N) is 1. The highest BCUT2D eigenvalue weighted by atomic mass is 19.4. The zero-order chi connectivity index (χ0) is 17.4. The van der Waals surface area contributed by atoms with Crippen LogP contribution in [0, 0.1) is 0 Å². The molecule has 3 nitrogen and oxygen atoms in total. The van der Waals surface area contributed by atoms with Gasteiger partial charge in [0.2, 0.25) is 5.92 Å². The van der Waals surface area contributed by atoms with Gasteiger partial charge >= 0.3 is 6.18 Å². The van der Waals surface area contributed by atoms with Crippen LogP contribution in [0.3, 0.4) is 0 Å². The zero-order valence-corrected chi connectivity index (χ0v) is 12.8. The molecule has 1 unspecified atom stereocenters. The molecule has 0 amide bonds. The molecule has 1 atom stereocenters. The molecule has 8 heteroatoms. The molecule has 1 aromatic rings. The van der Waals surface area contributed by atoms with Crippen molar-refractivity contribution in [2.24, 2.45) is 4.99 Å². The van der Waals surface area contributed by atoms with Crippen molar-refractivity contribution >= 4 is 5.96 Å². The van der Waals surface area contributed by atoms with Crippen LogP contribution >= 0.6 is 0 Å². The van der Waals surface area contributed by atoms with Gasteiger partial charge in [-0.1, -0.05) is 30.3 Å². The molecule has 1 fully saturated rings. The number of hydrogen-bond acceptors (Lipinski definition) is 3. The van der Waals surface area contributed by atoms with Gasteiger partial charge in [-0.15, -0.1) is 0 Å². The minimum Gasteiger partial charge on any atom is -0.355 e. The summed E-state index contributed by atoms with van der Waals surface area (Å²) in [6.45, 7) is 0.164. The zero-order valence-electron chi connectivity index (χ0n) is 12.8. The third-order valence-corrected chi connectivity index (χ3v) is 4.57. The van der Waals surface area contributed by atoms with Crippen LogP contribution in [0.5, 0.6) is 0 Å². The second-order valence-electron chi connectivity index (χ2n) is 6.47. The highest BCUT2D eigenvalue weighted by Crippen LogP contribution is 2.53. The molecule has 1 saturated carbocycles. The van der Waals surface area contributed by atoms with Crippen molar-refractivity contribution in [3.63, 3.8) is 0 Å². The second-order valence-corrected chi connectivity index (χ2v) is 6.47. The Hall–Kier alpha value is -1.86. The molecule has 1 aliphatic heterocycles. The van der Waals surface area contributed by atoms with Crippen molar-refractivity contribution in [3.8, 4) is 0 Å². The molecule has 2 aliphatic rings. The van der Waals surface area contributed by atoms with Crippen molar-refractivity contribution in [3.05, 3.63) is 35.9 Å². The van der Waals surface area contributed by atoms with Crippen molar-refractivity contribution in [1.29, 1.82) is 0 Å². The Labute approximate surface area is 136 Å². The van der Waals surface area contributed by atoms with E-state index in [-0.39, 0.29) is 38.3 Å². The van der Waals surface area contributed by atoms with E-state index in [1.807, 2.05) is 0 Å². The summed E-state index contributed by atoms with van der Waals surface area (Å²) in [5.74, 6) is -2.72. The normalized spacial score (nSPS) is 25.2. The molecule has 0 radical (unpaired) electrons. The number of aliphatic imine (C=N–C) groups is 1. The Morgan fingerprint density at radius 1 is 1.17 bits per heavy atom. The van der Waals surface area contributed by atoms with Gasteiger partial charge in [-0.3, -0.25) is 4.99 Å². The highest BCUT2D eigenvalue weighted by Gasteiger charge is 2.57. The van der Waals surface area contributed by atoms with E-state index in [0.717, 1.165) is 5.56 Å². The van der Waals surface area contributed by atoms with Crippen LogP contribution in [0.15, 0.2) is 35.3 Å². The third kappa shape index (κ3) is 3.47. The van der Waals surface area contributed by atoms with Gasteiger partial charge in [0.15, 0.2) is 5.96 Å². The summed E-state index contributed by atoms with van der Waals surface area (Å²) in [5.41, 5.74) is -0.0349. The number of alkyl halides is 5. The molecule has 0 saturated heterocycles. The standard InChI is InChI=1S/C16H18F5N3/c17-15(18)8-14(9-15,11-4-2-1-3-5-11)10-23-13-22-7-6-12(24-13)16(19,20)21/h1-5,12H,6-10H2,(H2,22,23,24). The smallest absolute Gasteiger partial charge is 0.355 e. The number of rotatable bonds is 3. The van der Waals surface area contributed by atoms with Gasteiger partial charge in [0, 0.05) is 31.3 Å². The molecular weight excluding hydrogens is 329 g/mol. The lowest BCUT2D eigenvalue weighted by atomic mass is 9.62. The number of benzene rings is 1. The molecule has 1 aliphatic carbocycles. The lowest BCUT2D eigenvalue weighted by Crippen LogP contribution is -2.59. The van der Waals surface area contributed by atoms with E-state index in [4.69, 9.17) is 0 Å². The minimum absolute atomic E-state index is 0.0223. The van der Waals surface area contributed by atoms with E-state index in [1.54, 1.807) is 30.3 Å². The molecule has 0 aromatic heterocycles. The summed E-state index contributed by atoms with van der Waals surface area (Å²) in [4.78, 5) is 3.99. The summed E-state index contributed by atoms with van der Waals surface area (Å²) in [6.07, 6.45) is -5.14. The lowest BCUT2D eigenvalue weighted by molar-refractivity contribution is -0.154. The van der Waals surface area contributed by atoms with Gasteiger partial charge in [0.25, 0.3) is 0 Å². The van der Waals surface area contributed by atoms with Crippen LogP contribution in [0.1, 0.15) is 24.8 Å². The van der Waals surface area contributed by atoms with E-state index in [2.05, 4.69) is 15.6 Å². The second kappa shape index (κ2) is 5.89. The first-order valence-corrected chi connectivity index (χ1v) is 7.75. The van der Waals surface area contributed by atoms with Crippen LogP contribution < -0.4 is 10.6 Å². The van der Waals surface area contributed by atoms with Crippen LogP contribution in [0.2, 0.25) is 0 Å². The quantitative estimate of drug-likeness (QED) is 0.824. The highest BCUT2D eigenvalue weighted by molar-refractivity contribution is 5.81. The molecular formula is C16H18F5N3. The van der Waals surface area contributed by atoms with Gasteiger partial charge in [-0.2, -0.15) is 13.2 Å². The fourth-order valence-electron chi connectivity index (χ4n) is 3.35. The molecule has 0 bridgehead atoms. The van der Waals surface area contributed by atoms with Gasteiger partial charge < -0.3 is 10.6 Å². The number of hydrogen-bond donors (Lipinski definition) is 2. The molecule has 3 rings (SSSR count). The third-order valence-electron chi connectivity index (χ3n) is 4.57. The van der Waals surface area contributed by atoms with Gasteiger partial charge in [0.1, 0.15) is 6.04 Å². The molecule has 24 heavy (non-hydrogen) atoms. The van der Waals surface area contributed by atoms with Crippen molar-refractivity contribution in [2.45, 2.75) is 42.8 Å². The summed E-state index contributed by atoms with van der Waals surface area (Å²) in [6, 6.07) is 7.21. The topological polar surface area (TPSA) is 36.4 Å². The maximum atomic E-state index is 13.5. The predicted octanol–water partition coefficient (Wildman–Crippen LogP) is 3.22. The summed E-state index contributed by atoms with van der Waals surface area (Å²) in [7, 11) is 0. The van der Waals surface area contributed by atoms with Crippen molar-refractivity contribution < 1.29 is 22.0 Å². The van der Waals surface area contributed by atoms with Crippen molar-refractivity contribution in [2.75, 3.05) is 13.1 Å². The Morgan fingerprint density at radius 3 is 2.42 bits per heavy atom. The van der Waals surface area contributed by atoms with E-state index in [9.17, 15) is 22.0 Å². The van der Waals surface area contributed by atoms with E-state index in [1.165, 1.54) is 0 Å². The number of nitrogens with one attached hydrogen (secondary N) is 2. The molecule has 132 valence electrons. The fourth-order valence-corrected chi connectivity index (χ4v) is 3.35. The number of guanidine groups is 1. The van der Waals surface area contributed by atoms with Crippen LogP contribution in [-0.2, 0) is 5.41 Å². The SMILES string of the molecule is FC1(F)CC(CNC2=NCCC(C(F)(F)F)N2)(c2ccccc2)C1. The fraction of sp³-hybridized carbons (Fsp3) is 0.562. The van der Waals surface area contributed by atoms with Crippen LogP contribution in [0.25, 0.3) is 0 Å². The minimum atomic E-state index is -4.36. The maximum Gasteiger partial charge on any atom is 0.408 e. The Kier molecular flexibility index (Phi) is 4.17. The number of halogens is 5. The first-order valence-electron chi connectivity index (χ1n) is 7.75. The molecule has 2 N–H and O–H groups in total. The van der Waals surface area contributed by atoms with E-state index < -0.39 is 23.6 Å². The average molecular weight is 347 g/mol. The average Bonchev–Trinajstić information content (AvgIpc) is 2.51. The van der Waals surface area contributed by atoms with E-state index >= 15 is 0 Å². The monoisotopic (exact) mass is 347 g/mol. The summed E-state index contributed by atoms with van der Waals surface area (Å²) in [5, 5.41) is 5.12. The van der Waals surface area contributed by atoms with Gasteiger partial charge in [-0.25, -0.2) is 8.78 Å². The van der Waals surface area contributed by atoms with E-state index in [0.29, 0.717) is 0 Å². The van der Waals surface area contributed by atoms with Crippen LogP contribution in [0.4, 0.5) is 22.0 Å². The molecule has 1 heterocycles. The predicted molar refractivity (Wildman–Crippen MR) is 80.2 cm³/mol. The molecule has 1 aromatic carbocycles.